The fourth-order valence-corrected chi connectivity index (χ4v) is 2.93. The number of hydrogen-bond acceptors (Lipinski definition) is 6. The number of nitro groups is 1. The molecular formula is C21H21N3O5. The number of carbonyl (C=O) groups is 1. The maximum atomic E-state index is 12.7. The van der Waals surface area contributed by atoms with Gasteiger partial charge in [0.1, 0.15) is 23.8 Å². The molecule has 8 nitrogen and oxygen atoms in total. The van der Waals surface area contributed by atoms with Crippen LogP contribution in [0.2, 0.25) is 0 Å². The van der Waals surface area contributed by atoms with Crippen molar-refractivity contribution in [3.8, 4) is 5.75 Å². The van der Waals surface area contributed by atoms with Crippen molar-refractivity contribution >= 4 is 17.3 Å². The lowest BCUT2D eigenvalue weighted by atomic mass is 10.1. The number of ether oxygens (including phenoxy) is 1. The zero-order valence-electron chi connectivity index (χ0n) is 16.6. The van der Waals surface area contributed by atoms with Crippen molar-refractivity contribution in [1.29, 1.82) is 0 Å². The Labute approximate surface area is 167 Å². The summed E-state index contributed by atoms with van der Waals surface area (Å²) in [6, 6.07) is 10.4. The zero-order valence-corrected chi connectivity index (χ0v) is 16.6. The summed E-state index contributed by atoms with van der Waals surface area (Å²) in [6.45, 7) is 7.43. The molecule has 0 fully saturated rings. The van der Waals surface area contributed by atoms with Crippen LogP contribution in [0.4, 0.5) is 11.4 Å². The molecule has 0 aliphatic carbocycles. The molecule has 3 aromatic rings. The summed E-state index contributed by atoms with van der Waals surface area (Å²) in [5, 5.41) is 17.6. The molecule has 0 bridgehead atoms. The highest BCUT2D eigenvalue weighted by Crippen LogP contribution is 2.27. The smallest absolute Gasteiger partial charge is 0.293 e. The summed E-state index contributed by atoms with van der Waals surface area (Å²) in [4.78, 5) is 23.5. The van der Waals surface area contributed by atoms with Crippen molar-refractivity contribution in [2.24, 2.45) is 0 Å². The number of amides is 1. The Hall–Kier alpha value is -3.68. The molecule has 0 saturated heterocycles. The molecule has 0 radical (unpaired) electrons. The number of rotatable bonds is 6. The van der Waals surface area contributed by atoms with Crippen molar-refractivity contribution in [2.75, 3.05) is 5.32 Å². The summed E-state index contributed by atoms with van der Waals surface area (Å²) in [5.41, 5.74) is 3.23. The van der Waals surface area contributed by atoms with Crippen LogP contribution in [-0.2, 0) is 6.61 Å². The van der Waals surface area contributed by atoms with Crippen molar-refractivity contribution < 1.29 is 19.0 Å². The third-order valence-corrected chi connectivity index (χ3v) is 4.50. The lowest BCUT2D eigenvalue weighted by molar-refractivity contribution is -0.384. The molecule has 1 aromatic heterocycles. The number of nitrogens with zero attached hydrogens (tertiary/aromatic N) is 2. The number of anilines is 1. The zero-order chi connectivity index (χ0) is 21.1. The number of nitro benzene ring substituents is 1. The van der Waals surface area contributed by atoms with Crippen LogP contribution in [0.3, 0.4) is 0 Å². The number of nitrogens with one attached hydrogen (secondary N) is 1. The summed E-state index contributed by atoms with van der Waals surface area (Å²) in [5.74, 6) is 0.531. The maximum absolute atomic E-state index is 12.7. The first kappa shape index (κ1) is 20.1. The van der Waals surface area contributed by atoms with Crippen LogP contribution in [0.1, 0.15) is 38.5 Å². The molecule has 0 spiro atoms. The van der Waals surface area contributed by atoms with Gasteiger partial charge in [-0.3, -0.25) is 14.9 Å². The number of benzene rings is 2. The van der Waals surface area contributed by atoms with E-state index in [1.807, 2.05) is 32.0 Å². The van der Waals surface area contributed by atoms with E-state index in [1.165, 1.54) is 12.1 Å². The van der Waals surface area contributed by atoms with E-state index in [4.69, 9.17) is 9.26 Å². The van der Waals surface area contributed by atoms with Gasteiger partial charge in [-0.05, 0) is 51.0 Å². The minimum Gasteiger partial charge on any atom is -0.488 e. The van der Waals surface area contributed by atoms with Gasteiger partial charge in [0.2, 0.25) is 0 Å². The Morgan fingerprint density at radius 2 is 1.83 bits per heavy atom. The fraction of sp³-hybridized carbons (Fsp3) is 0.238. The fourth-order valence-electron chi connectivity index (χ4n) is 2.93. The highest BCUT2D eigenvalue weighted by atomic mass is 16.6. The molecule has 2 aromatic carbocycles. The highest BCUT2D eigenvalue weighted by molar-refractivity contribution is 6.05. The van der Waals surface area contributed by atoms with Crippen LogP contribution < -0.4 is 10.1 Å². The van der Waals surface area contributed by atoms with Crippen molar-refractivity contribution in [3.05, 3.63) is 80.2 Å². The van der Waals surface area contributed by atoms with Gasteiger partial charge in [0.25, 0.3) is 11.6 Å². The van der Waals surface area contributed by atoms with E-state index in [1.54, 1.807) is 19.9 Å². The van der Waals surface area contributed by atoms with E-state index >= 15 is 0 Å². The molecule has 3 rings (SSSR count). The molecule has 0 aliphatic rings. The first-order valence-electron chi connectivity index (χ1n) is 8.98. The predicted octanol–water partition coefficient (Wildman–Crippen LogP) is 4.65. The summed E-state index contributed by atoms with van der Waals surface area (Å²) in [6.07, 6.45) is 0. The van der Waals surface area contributed by atoms with Gasteiger partial charge in [-0.2, -0.15) is 0 Å². The van der Waals surface area contributed by atoms with Gasteiger partial charge < -0.3 is 14.6 Å². The Kier molecular flexibility index (Phi) is 5.63. The molecule has 150 valence electrons. The largest absolute Gasteiger partial charge is 0.488 e. The van der Waals surface area contributed by atoms with Crippen molar-refractivity contribution in [1.82, 2.24) is 5.16 Å². The lowest BCUT2D eigenvalue weighted by Crippen LogP contribution is -2.16. The molecule has 1 amide bonds. The quantitative estimate of drug-likeness (QED) is 0.481. The third-order valence-electron chi connectivity index (χ3n) is 4.50. The number of aryl methyl sites for hydroxylation is 4. The van der Waals surface area contributed by atoms with E-state index in [0.29, 0.717) is 17.1 Å². The predicted molar refractivity (Wildman–Crippen MR) is 107 cm³/mol. The average molecular weight is 395 g/mol. The molecule has 0 unspecified atom stereocenters. The van der Waals surface area contributed by atoms with E-state index in [0.717, 1.165) is 16.7 Å². The van der Waals surface area contributed by atoms with E-state index in [2.05, 4.69) is 10.5 Å². The Bertz CT molecular complexity index is 1090. The highest BCUT2D eigenvalue weighted by Gasteiger charge is 2.23. The van der Waals surface area contributed by atoms with Crippen LogP contribution >= 0.6 is 0 Å². The van der Waals surface area contributed by atoms with Gasteiger partial charge in [0, 0.05) is 6.07 Å². The Morgan fingerprint density at radius 1 is 1.14 bits per heavy atom. The SMILES string of the molecule is Cc1ccc(OCc2c(C(=O)Nc3ccc(C)cc3[N+](=O)[O-])noc2C)c(C)c1. The Morgan fingerprint density at radius 3 is 2.52 bits per heavy atom. The number of carbonyl (C=O) groups excluding carboxylic acids is 1. The van der Waals surface area contributed by atoms with Gasteiger partial charge in [-0.1, -0.05) is 28.9 Å². The number of hydrogen-bond donors (Lipinski definition) is 1. The second kappa shape index (κ2) is 8.14. The first-order valence-corrected chi connectivity index (χ1v) is 8.98. The van der Waals surface area contributed by atoms with Crippen LogP contribution in [0.15, 0.2) is 40.9 Å². The van der Waals surface area contributed by atoms with Crippen molar-refractivity contribution in [2.45, 2.75) is 34.3 Å². The maximum Gasteiger partial charge on any atom is 0.293 e. The third kappa shape index (κ3) is 4.43. The molecule has 0 saturated carbocycles. The molecule has 0 atom stereocenters. The molecule has 29 heavy (non-hydrogen) atoms. The molecular weight excluding hydrogens is 374 g/mol. The van der Waals surface area contributed by atoms with Crippen LogP contribution in [0, 0.1) is 37.8 Å². The van der Waals surface area contributed by atoms with E-state index in [9.17, 15) is 14.9 Å². The molecule has 1 N–H and O–H groups in total. The topological polar surface area (TPSA) is 108 Å². The second-order valence-corrected chi connectivity index (χ2v) is 6.86. The normalized spacial score (nSPS) is 10.6. The summed E-state index contributed by atoms with van der Waals surface area (Å²) >= 11 is 0. The van der Waals surface area contributed by atoms with Crippen molar-refractivity contribution in [3.63, 3.8) is 0 Å². The lowest BCUT2D eigenvalue weighted by Gasteiger charge is -2.10. The first-order chi connectivity index (χ1) is 13.8. The van der Waals surface area contributed by atoms with Crippen LogP contribution in [0.5, 0.6) is 5.75 Å². The van der Waals surface area contributed by atoms with Crippen LogP contribution in [-0.4, -0.2) is 16.0 Å². The Balaban J connectivity index is 1.82. The second-order valence-electron chi connectivity index (χ2n) is 6.86. The minimum atomic E-state index is -0.604. The van der Waals surface area contributed by atoms with Gasteiger partial charge in [-0.25, -0.2) is 0 Å². The minimum absolute atomic E-state index is 0.0298. The average Bonchev–Trinajstić information content (AvgIpc) is 3.03. The number of aromatic nitrogens is 1. The standard InChI is InChI=1S/C21H21N3O5/c1-12-6-8-19(14(3)9-12)28-11-16-15(4)29-23-20(16)21(25)22-17-7-5-13(2)10-18(17)24(26)27/h5-10H,11H2,1-4H3,(H,22,25). The molecule has 1 heterocycles. The van der Waals surface area contributed by atoms with E-state index in [-0.39, 0.29) is 23.7 Å². The van der Waals surface area contributed by atoms with Crippen LogP contribution in [0.25, 0.3) is 0 Å². The van der Waals surface area contributed by atoms with Gasteiger partial charge in [0.15, 0.2) is 5.69 Å². The van der Waals surface area contributed by atoms with Gasteiger partial charge in [0.05, 0.1) is 10.5 Å². The monoisotopic (exact) mass is 395 g/mol. The molecule has 0 aliphatic heterocycles. The van der Waals surface area contributed by atoms with Gasteiger partial charge >= 0.3 is 0 Å². The summed E-state index contributed by atoms with van der Waals surface area (Å²) < 4.78 is 11.0. The molecule has 8 heteroatoms. The summed E-state index contributed by atoms with van der Waals surface area (Å²) in [7, 11) is 0. The van der Waals surface area contributed by atoms with E-state index < -0.39 is 10.8 Å². The van der Waals surface area contributed by atoms with Gasteiger partial charge in [-0.15, -0.1) is 0 Å².